The van der Waals surface area contributed by atoms with E-state index in [4.69, 9.17) is 14.2 Å². The van der Waals surface area contributed by atoms with E-state index in [0.29, 0.717) is 18.1 Å². The standard InChI is InChI=1S/C31H33NO5S/c1-35-27-13-17-30-24(22-27)8-16-29(23-6-14-28(15-7-23)38(2,33)34)31(30)37-26-11-9-25(10-12-26)36-21-20-32-18-4-3-5-19-32/h6-17,22H,3-5,18-21H2,1-2H3/i31+2. The van der Waals surface area contributed by atoms with Gasteiger partial charge in [0.2, 0.25) is 0 Å². The zero-order chi connectivity index (χ0) is 26.5. The first kappa shape index (κ1) is 26.1. The SMILES string of the molecule is COc1ccc2c(ccc(-c3ccc(S(C)(=O)=O)cc3)[14c]2Oc2ccc(OCCN3CCCCC3)cc2)c1. The van der Waals surface area contributed by atoms with Gasteiger partial charge in [0.05, 0.1) is 12.0 Å². The van der Waals surface area contributed by atoms with E-state index in [1.54, 1.807) is 19.2 Å². The Labute approximate surface area is 224 Å². The summed E-state index contributed by atoms with van der Waals surface area (Å²) >= 11 is 0. The van der Waals surface area contributed by atoms with Gasteiger partial charge < -0.3 is 14.2 Å². The normalized spacial score (nSPS) is 14.4. The number of piperidine rings is 1. The zero-order valence-electron chi connectivity index (χ0n) is 21.9. The number of benzene rings is 4. The van der Waals surface area contributed by atoms with Crippen molar-refractivity contribution in [3.8, 4) is 34.1 Å². The predicted octanol–water partition coefficient (Wildman–Crippen LogP) is 6.58. The summed E-state index contributed by atoms with van der Waals surface area (Å²) in [4.78, 5) is 2.74. The van der Waals surface area contributed by atoms with Gasteiger partial charge in [-0.2, -0.15) is 0 Å². The Morgan fingerprint density at radius 1 is 0.816 bits per heavy atom. The van der Waals surface area contributed by atoms with Crippen molar-refractivity contribution >= 4 is 20.6 Å². The molecule has 38 heavy (non-hydrogen) atoms. The second kappa shape index (κ2) is 11.5. The van der Waals surface area contributed by atoms with Gasteiger partial charge in [-0.1, -0.05) is 24.6 Å². The van der Waals surface area contributed by atoms with E-state index >= 15 is 0 Å². The van der Waals surface area contributed by atoms with Crippen molar-refractivity contribution in [1.29, 1.82) is 0 Å². The highest BCUT2D eigenvalue weighted by molar-refractivity contribution is 7.90. The van der Waals surface area contributed by atoms with Gasteiger partial charge in [0.25, 0.3) is 0 Å². The Kier molecular flexibility index (Phi) is 7.86. The van der Waals surface area contributed by atoms with Crippen LogP contribution in [0.25, 0.3) is 21.9 Å². The summed E-state index contributed by atoms with van der Waals surface area (Å²) < 4.78 is 41.8. The molecule has 0 amide bonds. The smallest absolute Gasteiger partial charge is 0.175 e. The summed E-state index contributed by atoms with van der Waals surface area (Å²) in [6.07, 6.45) is 5.09. The van der Waals surface area contributed by atoms with Crippen LogP contribution in [0.2, 0.25) is 0 Å². The molecule has 4 aromatic rings. The van der Waals surface area contributed by atoms with Crippen LogP contribution in [0.5, 0.6) is 23.0 Å². The third-order valence-electron chi connectivity index (χ3n) is 6.94. The summed E-state index contributed by atoms with van der Waals surface area (Å²) in [6, 6.07) is 24.4. The summed E-state index contributed by atoms with van der Waals surface area (Å²) in [5, 5.41) is 1.91. The van der Waals surface area contributed by atoms with Crippen molar-refractivity contribution in [2.75, 3.05) is 39.6 Å². The minimum absolute atomic E-state index is 0.283. The Morgan fingerprint density at radius 2 is 1.50 bits per heavy atom. The average molecular weight is 534 g/mol. The van der Waals surface area contributed by atoms with E-state index in [-0.39, 0.29) is 4.90 Å². The molecule has 0 unspecified atom stereocenters. The maximum Gasteiger partial charge on any atom is 0.175 e. The topological polar surface area (TPSA) is 65.1 Å². The Morgan fingerprint density at radius 3 is 2.18 bits per heavy atom. The quantitative estimate of drug-likeness (QED) is 0.242. The molecule has 1 aliphatic rings. The molecule has 1 heterocycles. The van der Waals surface area contributed by atoms with E-state index in [1.807, 2.05) is 66.7 Å². The van der Waals surface area contributed by atoms with Gasteiger partial charge in [0.15, 0.2) is 9.84 Å². The number of hydrogen-bond donors (Lipinski definition) is 0. The second-order valence-corrected chi connectivity index (χ2v) is 11.7. The van der Waals surface area contributed by atoms with Crippen molar-refractivity contribution in [1.82, 2.24) is 4.90 Å². The fraction of sp³-hybridized carbons (Fsp3) is 0.290. The van der Waals surface area contributed by atoms with E-state index < -0.39 is 9.84 Å². The lowest BCUT2D eigenvalue weighted by Gasteiger charge is -2.26. The van der Waals surface area contributed by atoms with Gasteiger partial charge in [-0.3, -0.25) is 4.90 Å². The predicted molar refractivity (Wildman–Crippen MR) is 151 cm³/mol. The first-order valence-corrected chi connectivity index (χ1v) is 14.8. The molecule has 1 fully saturated rings. The lowest BCUT2D eigenvalue weighted by atomic mass is 10.1. The molecule has 0 N–H and O–H groups in total. The molecule has 0 atom stereocenters. The molecule has 1 aliphatic heterocycles. The highest BCUT2D eigenvalue weighted by Crippen LogP contribution is 2.41. The maximum absolute atomic E-state index is 11.9. The van der Waals surface area contributed by atoms with Crippen LogP contribution >= 0.6 is 0 Å². The van der Waals surface area contributed by atoms with Crippen LogP contribution in [0, 0.1) is 0 Å². The molecule has 1 saturated heterocycles. The van der Waals surface area contributed by atoms with E-state index in [1.165, 1.54) is 25.5 Å². The Bertz CT molecular complexity index is 1490. The first-order chi connectivity index (χ1) is 18.4. The Hall–Kier alpha value is -3.55. The average Bonchev–Trinajstić information content (AvgIpc) is 2.94. The molecule has 0 saturated carbocycles. The lowest BCUT2D eigenvalue weighted by molar-refractivity contribution is 0.183. The highest BCUT2D eigenvalue weighted by atomic mass is 32.2. The number of sulfone groups is 1. The van der Waals surface area contributed by atoms with Crippen LogP contribution in [0.3, 0.4) is 0 Å². The van der Waals surface area contributed by atoms with Crippen molar-refractivity contribution in [2.24, 2.45) is 0 Å². The number of ether oxygens (including phenoxy) is 3. The molecule has 4 aromatic carbocycles. The minimum Gasteiger partial charge on any atom is -0.497 e. The van der Waals surface area contributed by atoms with Crippen molar-refractivity contribution in [2.45, 2.75) is 24.2 Å². The van der Waals surface area contributed by atoms with E-state index in [2.05, 4.69) is 4.90 Å². The van der Waals surface area contributed by atoms with Crippen LogP contribution in [0.4, 0.5) is 0 Å². The fourth-order valence-electron chi connectivity index (χ4n) is 4.82. The number of rotatable bonds is 9. The van der Waals surface area contributed by atoms with Gasteiger partial charge >= 0.3 is 0 Å². The summed E-state index contributed by atoms with van der Waals surface area (Å²) in [5.41, 5.74) is 1.73. The van der Waals surface area contributed by atoms with Crippen LogP contribution in [0.15, 0.2) is 83.8 Å². The van der Waals surface area contributed by atoms with Gasteiger partial charge in [-0.05, 0) is 97.5 Å². The van der Waals surface area contributed by atoms with Gasteiger partial charge in [-0.25, -0.2) is 8.42 Å². The summed E-state index contributed by atoms with van der Waals surface area (Å²) in [7, 11) is -1.63. The molecule has 0 aromatic heterocycles. The molecule has 6 nitrogen and oxygen atoms in total. The molecule has 0 radical (unpaired) electrons. The molecule has 198 valence electrons. The lowest BCUT2D eigenvalue weighted by Crippen LogP contribution is -2.33. The number of likely N-dealkylation sites (tertiary alicyclic amines) is 1. The number of nitrogens with zero attached hydrogens (tertiary/aromatic N) is 1. The summed E-state index contributed by atoms with van der Waals surface area (Å²) in [6.45, 7) is 3.93. The largest absolute Gasteiger partial charge is 0.497 e. The van der Waals surface area contributed by atoms with Gasteiger partial charge in [-0.15, -0.1) is 0 Å². The molecular weight excluding hydrogens is 500 g/mol. The van der Waals surface area contributed by atoms with Gasteiger partial charge in [0, 0.05) is 23.8 Å². The Balaban J connectivity index is 1.40. The van der Waals surface area contributed by atoms with Gasteiger partial charge in [0.1, 0.15) is 29.6 Å². The highest BCUT2D eigenvalue weighted by Gasteiger charge is 2.15. The molecule has 5 rings (SSSR count). The molecular formula is C31H33NO5S. The summed E-state index contributed by atoms with van der Waals surface area (Å²) in [5.74, 6) is 2.95. The second-order valence-electron chi connectivity index (χ2n) is 9.65. The van der Waals surface area contributed by atoms with E-state index in [9.17, 15) is 8.42 Å². The van der Waals surface area contributed by atoms with Crippen LogP contribution < -0.4 is 14.2 Å². The maximum atomic E-state index is 11.9. The van der Waals surface area contributed by atoms with E-state index in [0.717, 1.165) is 53.0 Å². The molecule has 0 bridgehead atoms. The third kappa shape index (κ3) is 6.11. The molecule has 0 spiro atoms. The third-order valence-corrected chi connectivity index (χ3v) is 8.07. The van der Waals surface area contributed by atoms with Crippen molar-refractivity contribution in [3.63, 3.8) is 0 Å². The van der Waals surface area contributed by atoms with Crippen LogP contribution in [0.1, 0.15) is 19.3 Å². The molecule has 7 heteroatoms. The van der Waals surface area contributed by atoms with Crippen molar-refractivity contribution < 1.29 is 22.6 Å². The van der Waals surface area contributed by atoms with Crippen molar-refractivity contribution in [3.05, 3.63) is 78.9 Å². The monoisotopic (exact) mass is 533 g/mol. The fourth-order valence-corrected chi connectivity index (χ4v) is 5.45. The number of methoxy groups -OCH3 is 1. The zero-order valence-corrected chi connectivity index (χ0v) is 22.7. The first-order valence-electron chi connectivity index (χ1n) is 12.9. The number of hydrogen-bond acceptors (Lipinski definition) is 6. The number of fused-ring (bicyclic) bond motifs is 1. The van der Waals surface area contributed by atoms with Crippen LogP contribution in [-0.4, -0.2) is 52.9 Å². The molecule has 0 aliphatic carbocycles. The minimum atomic E-state index is -3.28. The van der Waals surface area contributed by atoms with Crippen LogP contribution in [-0.2, 0) is 9.84 Å².